The van der Waals surface area contributed by atoms with Crippen LogP contribution < -0.4 is 5.32 Å². The summed E-state index contributed by atoms with van der Waals surface area (Å²) >= 11 is 0. The Morgan fingerprint density at radius 3 is 3.00 bits per heavy atom. The Balaban J connectivity index is 2.35. The second-order valence-electron chi connectivity index (χ2n) is 3.03. The van der Waals surface area contributed by atoms with E-state index in [4.69, 9.17) is 9.15 Å². The van der Waals surface area contributed by atoms with Crippen molar-refractivity contribution in [2.24, 2.45) is 0 Å². The summed E-state index contributed by atoms with van der Waals surface area (Å²) in [6.07, 6.45) is 5.63. The summed E-state index contributed by atoms with van der Waals surface area (Å²) < 4.78 is 10.0. The summed E-state index contributed by atoms with van der Waals surface area (Å²) in [5, 5.41) is 3.25. The van der Waals surface area contributed by atoms with Gasteiger partial charge in [-0.15, -0.1) is 0 Å². The SMILES string of the molecule is CNC(CCCOC)c1ccoc1. The highest BCUT2D eigenvalue weighted by molar-refractivity contribution is 5.10. The summed E-state index contributed by atoms with van der Waals surface area (Å²) in [5.74, 6) is 0. The van der Waals surface area contributed by atoms with Crippen LogP contribution in [0.25, 0.3) is 0 Å². The normalized spacial score (nSPS) is 13.1. The number of rotatable bonds is 6. The summed E-state index contributed by atoms with van der Waals surface area (Å²) in [6, 6.07) is 2.38. The van der Waals surface area contributed by atoms with Crippen LogP contribution >= 0.6 is 0 Å². The first-order valence-electron chi connectivity index (χ1n) is 4.56. The van der Waals surface area contributed by atoms with E-state index in [1.54, 1.807) is 19.6 Å². The second kappa shape index (κ2) is 5.78. The lowest BCUT2D eigenvalue weighted by Gasteiger charge is -2.13. The molecular formula is C10H17NO2. The van der Waals surface area contributed by atoms with Gasteiger partial charge in [0.25, 0.3) is 0 Å². The third-order valence-corrected chi connectivity index (χ3v) is 2.14. The number of nitrogens with one attached hydrogen (secondary N) is 1. The van der Waals surface area contributed by atoms with Crippen molar-refractivity contribution >= 4 is 0 Å². The Labute approximate surface area is 79.1 Å². The molecule has 1 unspecified atom stereocenters. The molecule has 0 saturated heterocycles. The van der Waals surface area contributed by atoms with Crippen LogP contribution in [0, 0.1) is 0 Å². The molecule has 13 heavy (non-hydrogen) atoms. The van der Waals surface area contributed by atoms with Crippen LogP contribution in [0.15, 0.2) is 23.0 Å². The minimum atomic E-state index is 0.383. The van der Waals surface area contributed by atoms with Gasteiger partial charge in [0.15, 0.2) is 0 Å². The van der Waals surface area contributed by atoms with Gasteiger partial charge in [0.1, 0.15) is 0 Å². The van der Waals surface area contributed by atoms with E-state index < -0.39 is 0 Å². The highest BCUT2D eigenvalue weighted by Crippen LogP contribution is 2.17. The maximum Gasteiger partial charge on any atom is 0.0950 e. The van der Waals surface area contributed by atoms with E-state index >= 15 is 0 Å². The van der Waals surface area contributed by atoms with E-state index in [2.05, 4.69) is 5.32 Å². The average molecular weight is 183 g/mol. The summed E-state index contributed by atoms with van der Waals surface area (Å²) in [6.45, 7) is 0.816. The maximum atomic E-state index is 5.03. The van der Waals surface area contributed by atoms with Gasteiger partial charge in [0, 0.05) is 25.3 Å². The van der Waals surface area contributed by atoms with Crippen LogP contribution in [-0.2, 0) is 4.74 Å². The molecule has 1 rings (SSSR count). The molecule has 0 aliphatic heterocycles. The largest absolute Gasteiger partial charge is 0.472 e. The van der Waals surface area contributed by atoms with Gasteiger partial charge in [-0.2, -0.15) is 0 Å². The molecule has 1 aromatic rings. The van der Waals surface area contributed by atoms with Crippen LogP contribution in [0.2, 0.25) is 0 Å². The average Bonchev–Trinajstić information content (AvgIpc) is 2.65. The maximum absolute atomic E-state index is 5.03. The topological polar surface area (TPSA) is 34.4 Å². The molecule has 3 heteroatoms. The zero-order chi connectivity index (χ0) is 9.52. The van der Waals surface area contributed by atoms with Crippen molar-refractivity contribution in [1.29, 1.82) is 0 Å². The molecule has 0 radical (unpaired) electrons. The van der Waals surface area contributed by atoms with Crippen LogP contribution in [-0.4, -0.2) is 20.8 Å². The fourth-order valence-corrected chi connectivity index (χ4v) is 1.38. The van der Waals surface area contributed by atoms with E-state index in [9.17, 15) is 0 Å². The predicted octanol–water partition coefficient (Wildman–Crippen LogP) is 1.97. The highest BCUT2D eigenvalue weighted by atomic mass is 16.5. The molecule has 0 bridgehead atoms. The fraction of sp³-hybridized carbons (Fsp3) is 0.600. The molecule has 0 fully saturated rings. The first-order chi connectivity index (χ1) is 6.38. The minimum Gasteiger partial charge on any atom is -0.472 e. The van der Waals surface area contributed by atoms with E-state index in [0.717, 1.165) is 19.4 Å². The highest BCUT2D eigenvalue weighted by Gasteiger charge is 2.08. The van der Waals surface area contributed by atoms with E-state index in [-0.39, 0.29) is 0 Å². The number of hydrogen-bond acceptors (Lipinski definition) is 3. The molecule has 0 amide bonds. The third kappa shape index (κ3) is 3.20. The van der Waals surface area contributed by atoms with Gasteiger partial charge in [0.2, 0.25) is 0 Å². The summed E-state index contributed by atoms with van der Waals surface area (Å²) in [5.41, 5.74) is 1.21. The van der Waals surface area contributed by atoms with Gasteiger partial charge < -0.3 is 14.5 Å². The number of furan rings is 1. The molecule has 0 aromatic carbocycles. The summed E-state index contributed by atoms with van der Waals surface area (Å²) in [4.78, 5) is 0. The Hall–Kier alpha value is -0.800. The van der Waals surface area contributed by atoms with Crippen LogP contribution in [0.3, 0.4) is 0 Å². The van der Waals surface area contributed by atoms with Gasteiger partial charge in [0.05, 0.1) is 12.5 Å². The van der Waals surface area contributed by atoms with Crippen molar-refractivity contribution in [2.75, 3.05) is 20.8 Å². The molecule has 0 spiro atoms. The number of methoxy groups -OCH3 is 1. The first-order valence-corrected chi connectivity index (χ1v) is 4.56. The van der Waals surface area contributed by atoms with Gasteiger partial charge >= 0.3 is 0 Å². The van der Waals surface area contributed by atoms with Gasteiger partial charge in [-0.05, 0) is 26.0 Å². The lowest BCUT2D eigenvalue weighted by atomic mass is 10.1. The molecule has 1 atom stereocenters. The predicted molar refractivity (Wildman–Crippen MR) is 51.6 cm³/mol. The molecular weight excluding hydrogens is 166 g/mol. The van der Waals surface area contributed by atoms with Crippen molar-refractivity contribution in [3.05, 3.63) is 24.2 Å². The molecule has 1 aromatic heterocycles. The lowest BCUT2D eigenvalue weighted by Crippen LogP contribution is -2.16. The van der Waals surface area contributed by atoms with E-state index in [1.807, 2.05) is 13.1 Å². The van der Waals surface area contributed by atoms with Gasteiger partial charge in [-0.25, -0.2) is 0 Å². The Morgan fingerprint density at radius 2 is 2.46 bits per heavy atom. The smallest absolute Gasteiger partial charge is 0.0950 e. The van der Waals surface area contributed by atoms with E-state index in [1.165, 1.54) is 5.56 Å². The summed E-state index contributed by atoms with van der Waals surface area (Å²) in [7, 11) is 3.69. The van der Waals surface area contributed by atoms with Crippen LogP contribution in [0.4, 0.5) is 0 Å². The molecule has 0 saturated carbocycles. The Bertz CT molecular complexity index is 209. The zero-order valence-corrected chi connectivity index (χ0v) is 8.25. The zero-order valence-electron chi connectivity index (χ0n) is 8.25. The van der Waals surface area contributed by atoms with Gasteiger partial charge in [-0.1, -0.05) is 0 Å². The molecule has 0 aliphatic carbocycles. The standard InChI is InChI=1S/C10H17NO2/c1-11-10(4-3-6-12-2)9-5-7-13-8-9/h5,7-8,10-11H,3-4,6H2,1-2H3. The molecule has 1 N–H and O–H groups in total. The molecule has 0 aliphatic rings. The minimum absolute atomic E-state index is 0.383. The molecule has 1 heterocycles. The molecule has 3 nitrogen and oxygen atoms in total. The first kappa shape index (κ1) is 10.3. The quantitative estimate of drug-likeness (QED) is 0.685. The van der Waals surface area contributed by atoms with Crippen molar-refractivity contribution in [3.8, 4) is 0 Å². The van der Waals surface area contributed by atoms with Gasteiger partial charge in [-0.3, -0.25) is 0 Å². The monoisotopic (exact) mass is 183 g/mol. The van der Waals surface area contributed by atoms with Crippen molar-refractivity contribution in [1.82, 2.24) is 5.32 Å². The second-order valence-corrected chi connectivity index (χ2v) is 3.03. The fourth-order valence-electron chi connectivity index (χ4n) is 1.38. The van der Waals surface area contributed by atoms with Crippen molar-refractivity contribution in [2.45, 2.75) is 18.9 Å². The van der Waals surface area contributed by atoms with Crippen LogP contribution in [0.1, 0.15) is 24.4 Å². The van der Waals surface area contributed by atoms with E-state index in [0.29, 0.717) is 6.04 Å². The lowest BCUT2D eigenvalue weighted by molar-refractivity contribution is 0.189. The Morgan fingerprint density at radius 1 is 1.62 bits per heavy atom. The molecule has 74 valence electrons. The van der Waals surface area contributed by atoms with Crippen LogP contribution in [0.5, 0.6) is 0 Å². The number of hydrogen-bond donors (Lipinski definition) is 1. The van der Waals surface area contributed by atoms with Crippen molar-refractivity contribution < 1.29 is 9.15 Å². The number of ether oxygens (including phenoxy) is 1. The third-order valence-electron chi connectivity index (χ3n) is 2.14. The Kier molecular flexibility index (Phi) is 4.57. The van der Waals surface area contributed by atoms with Crippen molar-refractivity contribution in [3.63, 3.8) is 0 Å².